The van der Waals surface area contributed by atoms with Gasteiger partial charge < -0.3 is 10.2 Å². The molecular weight excluding hydrogens is 174 g/mol. The summed E-state index contributed by atoms with van der Waals surface area (Å²) < 4.78 is 0. The fourth-order valence-corrected chi connectivity index (χ4v) is 1.93. The van der Waals surface area contributed by atoms with Crippen molar-refractivity contribution in [3.8, 4) is 0 Å². The number of hydrogen-bond acceptors (Lipinski definition) is 3. The van der Waals surface area contributed by atoms with Crippen LogP contribution in [0.4, 0.5) is 11.5 Å². The second-order valence-corrected chi connectivity index (χ2v) is 4.05. The highest BCUT2D eigenvalue weighted by Crippen LogP contribution is 2.30. The molecular formula is C11H17N3. The lowest BCUT2D eigenvalue weighted by Crippen LogP contribution is -2.19. The van der Waals surface area contributed by atoms with E-state index in [1.165, 1.54) is 24.1 Å². The monoisotopic (exact) mass is 191 g/mol. The molecule has 0 aromatic carbocycles. The predicted octanol–water partition coefficient (Wildman–Crippen LogP) is 1.81. The molecule has 3 nitrogen and oxygen atoms in total. The average Bonchev–Trinajstić information content (AvgIpc) is 2.16. The zero-order valence-electron chi connectivity index (χ0n) is 9.09. The van der Waals surface area contributed by atoms with E-state index in [-0.39, 0.29) is 0 Å². The second kappa shape index (κ2) is 3.48. The van der Waals surface area contributed by atoms with Gasteiger partial charge in [-0.15, -0.1) is 0 Å². The van der Waals surface area contributed by atoms with Gasteiger partial charge in [0.25, 0.3) is 0 Å². The SMILES string of the molecule is Cc1cc2c(c(N(C)C)n1)NCCC2. The van der Waals surface area contributed by atoms with Gasteiger partial charge in [-0.2, -0.15) is 0 Å². The maximum absolute atomic E-state index is 4.55. The molecule has 0 spiro atoms. The van der Waals surface area contributed by atoms with Crippen molar-refractivity contribution in [1.29, 1.82) is 0 Å². The molecule has 1 aliphatic heterocycles. The van der Waals surface area contributed by atoms with Crippen LogP contribution in [0.25, 0.3) is 0 Å². The molecule has 3 heteroatoms. The Morgan fingerprint density at radius 2 is 2.21 bits per heavy atom. The van der Waals surface area contributed by atoms with Gasteiger partial charge in [-0.25, -0.2) is 4.98 Å². The van der Waals surface area contributed by atoms with Crippen LogP contribution < -0.4 is 10.2 Å². The summed E-state index contributed by atoms with van der Waals surface area (Å²) in [5.74, 6) is 1.07. The van der Waals surface area contributed by atoms with E-state index < -0.39 is 0 Å². The molecule has 1 aromatic rings. The number of hydrogen-bond donors (Lipinski definition) is 1. The van der Waals surface area contributed by atoms with Gasteiger partial charge in [0.1, 0.15) is 0 Å². The van der Waals surface area contributed by atoms with Crippen LogP contribution >= 0.6 is 0 Å². The van der Waals surface area contributed by atoms with Gasteiger partial charge in [0.05, 0.1) is 5.69 Å². The Kier molecular flexibility index (Phi) is 2.32. The van der Waals surface area contributed by atoms with E-state index in [9.17, 15) is 0 Å². The number of nitrogens with zero attached hydrogens (tertiary/aromatic N) is 2. The first-order valence-electron chi connectivity index (χ1n) is 5.10. The fraction of sp³-hybridized carbons (Fsp3) is 0.545. The van der Waals surface area contributed by atoms with Gasteiger partial charge in [-0.1, -0.05) is 0 Å². The van der Waals surface area contributed by atoms with E-state index in [0.717, 1.165) is 18.1 Å². The Morgan fingerprint density at radius 1 is 1.43 bits per heavy atom. The molecule has 14 heavy (non-hydrogen) atoms. The molecule has 0 aliphatic carbocycles. The molecule has 0 amide bonds. The molecule has 0 unspecified atom stereocenters. The largest absolute Gasteiger partial charge is 0.382 e. The molecule has 1 aliphatic rings. The normalized spacial score (nSPS) is 14.5. The summed E-state index contributed by atoms with van der Waals surface area (Å²) in [6.45, 7) is 3.13. The number of aryl methyl sites for hydroxylation is 2. The van der Waals surface area contributed by atoms with Gasteiger partial charge in [-0.3, -0.25) is 0 Å². The molecule has 0 bridgehead atoms. The third-order valence-electron chi connectivity index (χ3n) is 2.56. The van der Waals surface area contributed by atoms with Crippen LogP contribution in [0.15, 0.2) is 6.07 Å². The van der Waals surface area contributed by atoms with Crippen molar-refractivity contribution >= 4 is 11.5 Å². The fourth-order valence-electron chi connectivity index (χ4n) is 1.93. The summed E-state index contributed by atoms with van der Waals surface area (Å²) >= 11 is 0. The lowest BCUT2D eigenvalue weighted by atomic mass is 10.0. The Balaban J connectivity index is 2.52. The first-order valence-corrected chi connectivity index (χ1v) is 5.10. The maximum atomic E-state index is 4.55. The van der Waals surface area contributed by atoms with Gasteiger partial charge in [0.2, 0.25) is 0 Å². The zero-order chi connectivity index (χ0) is 10.1. The number of fused-ring (bicyclic) bond motifs is 1. The minimum atomic E-state index is 1.07. The van der Waals surface area contributed by atoms with Crippen LogP contribution in [-0.2, 0) is 6.42 Å². The van der Waals surface area contributed by atoms with Gasteiger partial charge in [0.15, 0.2) is 5.82 Å². The van der Waals surface area contributed by atoms with Crippen molar-refractivity contribution in [3.63, 3.8) is 0 Å². The highest BCUT2D eigenvalue weighted by Gasteiger charge is 2.15. The molecule has 0 fully saturated rings. The number of nitrogens with one attached hydrogen (secondary N) is 1. The highest BCUT2D eigenvalue weighted by atomic mass is 15.2. The predicted molar refractivity (Wildman–Crippen MR) is 60.1 cm³/mol. The summed E-state index contributed by atoms with van der Waals surface area (Å²) in [6, 6.07) is 2.19. The first kappa shape index (κ1) is 9.31. The summed E-state index contributed by atoms with van der Waals surface area (Å²) in [6.07, 6.45) is 2.40. The van der Waals surface area contributed by atoms with Gasteiger partial charge >= 0.3 is 0 Å². The Labute approximate surface area is 85.1 Å². The van der Waals surface area contributed by atoms with Crippen LogP contribution in [0.3, 0.4) is 0 Å². The third kappa shape index (κ3) is 1.54. The quantitative estimate of drug-likeness (QED) is 0.734. The van der Waals surface area contributed by atoms with E-state index in [1.54, 1.807) is 0 Å². The van der Waals surface area contributed by atoms with Crippen molar-refractivity contribution in [1.82, 2.24) is 4.98 Å². The summed E-state index contributed by atoms with van der Waals surface area (Å²) in [5.41, 5.74) is 3.75. The molecule has 0 saturated heterocycles. The van der Waals surface area contributed by atoms with Crippen molar-refractivity contribution < 1.29 is 0 Å². The number of rotatable bonds is 1. The number of pyridine rings is 1. The third-order valence-corrected chi connectivity index (χ3v) is 2.56. The van der Waals surface area contributed by atoms with E-state index in [1.807, 2.05) is 14.1 Å². The summed E-state index contributed by atoms with van der Waals surface area (Å²) in [7, 11) is 4.08. The van der Waals surface area contributed by atoms with Crippen LogP contribution in [0.5, 0.6) is 0 Å². The highest BCUT2D eigenvalue weighted by molar-refractivity contribution is 5.70. The van der Waals surface area contributed by atoms with E-state index in [2.05, 4.69) is 28.2 Å². The molecule has 76 valence electrons. The molecule has 1 aromatic heterocycles. The summed E-state index contributed by atoms with van der Waals surface area (Å²) in [4.78, 5) is 6.62. The maximum Gasteiger partial charge on any atom is 0.152 e. The van der Waals surface area contributed by atoms with Gasteiger partial charge in [0, 0.05) is 26.3 Å². The molecule has 1 N–H and O–H groups in total. The Hall–Kier alpha value is -1.25. The first-order chi connectivity index (χ1) is 6.68. The van der Waals surface area contributed by atoms with Crippen molar-refractivity contribution in [3.05, 3.63) is 17.3 Å². The molecule has 0 saturated carbocycles. The lowest BCUT2D eigenvalue weighted by molar-refractivity contribution is 0.820. The smallest absolute Gasteiger partial charge is 0.152 e. The molecule has 2 heterocycles. The van der Waals surface area contributed by atoms with E-state index >= 15 is 0 Å². The van der Waals surface area contributed by atoms with E-state index in [0.29, 0.717) is 0 Å². The lowest BCUT2D eigenvalue weighted by Gasteiger charge is -2.24. The van der Waals surface area contributed by atoms with Crippen LogP contribution in [0.1, 0.15) is 17.7 Å². The van der Waals surface area contributed by atoms with Crippen molar-refractivity contribution in [2.75, 3.05) is 30.9 Å². The Bertz CT molecular complexity index is 345. The van der Waals surface area contributed by atoms with Crippen LogP contribution in [-0.4, -0.2) is 25.6 Å². The van der Waals surface area contributed by atoms with Gasteiger partial charge in [-0.05, 0) is 31.4 Å². The molecule has 2 rings (SSSR count). The number of anilines is 2. The minimum Gasteiger partial charge on any atom is -0.382 e. The zero-order valence-corrected chi connectivity index (χ0v) is 9.09. The van der Waals surface area contributed by atoms with Crippen LogP contribution in [0.2, 0.25) is 0 Å². The average molecular weight is 191 g/mol. The van der Waals surface area contributed by atoms with Crippen molar-refractivity contribution in [2.45, 2.75) is 19.8 Å². The van der Waals surface area contributed by atoms with Crippen LogP contribution in [0, 0.1) is 6.92 Å². The Morgan fingerprint density at radius 3 is 2.93 bits per heavy atom. The van der Waals surface area contributed by atoms with E-state index in [4.69, 9.17) is 0 Å². The molecule has 0 atom stereocenters. The molecule has 0 radical (unpaired) electrons. The second-order valence-electron chi connectivity index (χ2n) is 4.05. The number of aromatic nitrogens is 1. The standard InChI is InChI=1S/C11H17N3/c1-8-7-9-5-4-6-12-10(9)11(13-8)14(2)3/h7,12H,4-6H2,1-3H3. The minimum absolute atomic E-state index is 1.07. The van der Waals surface area contributed by atoms with Crippen molar-refractivity contribution in [2.24, 2.45) is 0 Å². The summed E-state index contributed by atoms with van der Waals surface area (Å²) in [5, 5.41) is 3.44. The topological polar surface area (TPSA) is 28.2 Å².